The van der Waals surface area contributed by atoms with E-state index in [0.717, 1.165) is 46.0 Å². The first-order valence-corrected chi connectivity index (χ1v) is 12.1. The Morgan fingerprint density at radius 3 is 2.51 bits per heavy atom. The summed E-state index contributed by atoms with van der Waals surface area (Å²) in [6.45, 7) is 2.51. The van der Waals surface area contributed by atoms with E-state index in [1.54, 1.807) is 13.2 Å². The zero-order chi connectivity index (χ0) is 24.8. The summed E-state index contributed by atoms with van der Waals surface area (Å²) in [6.07, 6.45) is 4.18. The second-order valence-electron chi connectivity index (χ2n) is 8.05. The van der Waals surface area contributed by atoms with E-state index in [-0.39, 0.29) is 5.92 Å². The van der Waals surface area contributed by atoms with Crippen LogP contribution in [0.3, 0.4) is 0 Å². The average molecular weight is 509 g/mol. The molecular formula is C28H26Cl2N2O3. The summed E-state index contributed by atoms with van der Waals surface area (Å²) in [5.74, 6) is 1.18. The van der Waals surface area contributed by atoms with Gasteiger partial charge in [0.05, 0.1) is 35.1 Å². The molecule has 180 valence electrons. The molecule has 1 atom stereocenters. The Balaban J connectivity index is 1.66. The number of halogens is 2. The van der Waals surface area contributed by atoms with Gasteiger partial charge in [0.1, 0.15) is 17.8 Å². The summed E-state index contributed by atoms with van der Waals surface area (Å²) in [5, 5.41) is 7.81. The number of aldehydes is 1. The molecule has 0 radical (unpaired) electrons. The average Bonchev–Trinajstić information content (AvgIpc) is 2.89. The van der Waals surface area contributed by atoms with E-state index >= 15 is 0 Å². The first-order chi connectivity index (χ1) is 17.0. The molecule has 0 aromatic heterocycles. The summed E-state index contributed by atoms with van der Waals surface area (Å²) >= 11 is 12.4. The number of hydrogen-bond acceptors (Lipinski definition) is 5. The normalized spacial score (nSPS) is 14.1. The van der Waals surface area contributed by atoms with Crippen LogP contribution in [0.2, 0.25) is 10.0 Å². The number of hydrogen-bond donors (Lipinski definition) is 0. The molecule has 3 aromatic carbocycles. The lowest BCUT2D eigenvalue weighted by molar-refractivity contribution is -0.108. The number of nitrogens with zero attached hydrogens (tertiary/aromatic N) is 2. The van der Waals surface area contributed by atoms with Crippen molar-refractivity contribution in [1.82, 2.24) is 0 Å². The Morgan fingerprint density at radius 2 is 1.83 bits per heavy atom. The van der Waals surface area contributed by atoms with Crippen LogP contribution in [0.15, 0.2) is 77.9 Å². The van der Waals surface area contributed by atoms with Gasteiger partial charge in [-0.1, -0.05) is 47.5 Å². The van der Waals surface area contributed by atoms with Crippen molar-refractivity contribution >= 4 is 46.6 Å². The third-order valence-corrected chi connectivity index (χ3v) is 6.49. The highest BCUT2D eigenvalue weighted by molar-refractivity contribution is 6.42. The molecule has 0 fully saturated rings. The van der Waals surface area contributed by atoms with Crippen molar-refractivity contribution in [2.45, 2.75) is 25.7 Å². The SMILES string of the molecule is CCOc1cccc(C(C=O)CC2=NN(c3ccc(OC)cc3)C(c3ccc(Cl)c(Cl)c3)=CC2)c1. The number of anilines is 1. The topological polar surface area (TPSA) is 51.1 Å². The van der Waals surface area contributed by atoms with Crippen molar-refractivity contribution in [2.75, 3.05) is 18.7 Å². The van der Waals surface area contributed by atoms with Crippen LogP contribution in [0.5, 0.6) is 11.5 Å². The van der Waals surface area contributed by atoms with Crippen LogP contribution in [-0.4, -0.2) is 25.7 Å². The molecule has 1 aliphatic rings. The lowest BCUT2D eigenvalue weighted by atomic mass is 9.93. The highest BCUT2D eigenvalue weighted by Crippen LogP contribution is 2.35. The minimum atomic E-state index is -0.327. The molecule has 1 unspecified atom stereocenters. The maximum atomic E-state index is 12.1. The molecule has 4 rings (SSSR count). The summed E-state index contributed by atoms with van der Waals surface area (Å²) in [7, 11) is 1.63. The van der Waals surface area contributed by atoms with Crippen molar-refractivity contribution in [1.29, 1.82) is 0 Å². The largest absolute Gasteiger partial charge is 0.497 e. The third kappa shape index (κ3) is 5.87. The quantitative estimate of drug-likeness (QED) is 0.283. The van der Waals surface area contributed by atoms with Gasteiger partial charge in [-0.25, -0.2) is 5.01 Å². The number of methoxy groups -OCH3 is 1. The fourth-order valence-corrected chi connectivity index (χ4v) is 4.28. The maximum Gasteiger partial charge on any atom is 0.127 e. The third-order valence-electron chi connectivity index (χ3n) is 5.75. The monoisotopic (exact) mass is 508 g/mol. The van der Waals surface area contributed by atoms with E-state index in [4.69, 9.17) is 37.8 Å². The number of allylic oxidation sites excluding steroid dienone is 1. The fourth-order valence-electron chi connectivity index (χ4n) is 3.98. The predicted molar refractivity (Wildman–Crippen MR) is 143 cm³/mol. The van der Waals surface area contributed by atoms with Crippen LogP contribution in [0, 0.1) is 0 Å². The lowest BCUT2D eigenvalue weighted by Gasteiger charge is -2.28. The molecule has 1 heterocycles. The molecular weight excluding hydrogens is 483 g/mol. The van der Waals surface area contributed by atoms with Crippen molar-refractivity contribution in [3.8, 4) is 11.5 Å². The zero-order valence-electron chi connectivity index (χ0n) is 19.6. The number of carbonyl (C=O) groups excluding carboxylic acids is 1. The standard InChI is InChI=1S/C28H26Cl2N2O3/c1-3-35-25-6-4-5-19(16-25)21(18-33)15-22-8-14-28(20-7-13-26(29)27(30)17-20)32(31-22)23-9-11-24(34-2)12-10-23/h4-7,9-14,16-18,21H,3,8,15H2,1-2H3. The first-order valence-electron chi connectivity index (χ1n) is 11.4. The highest BCUT2D eigenvalue weighted by atomic mass is 35.5. The van der Waals surface area contributed by atoms with E-state index in [1.165, 1.54) is 0 Å². The first kappa shape index (κ1) is 24.8. The predicted octanol–water partition coefficient (Wildman–Crippen LogP) is 7.38. The fraction of sp³-hybridized carbons (Fsp3) is 0.214. The lowest BCUT2D eigenvalue weighted by Crippen LogP contribution is -2.23. The minimum Gasteiger partial charge on any atom is -0.497 e. The second-order valence-corrected chi connectivity index (χ2v) is 8.87. The number of ether oxygens (including phenoxy) is 2. The Bertz CT molecular complexity index is 1260. The van der Waals surface area contributed by atoms with E-state index in [1.807, 2.05) is 72.6 Å². The van der Waals surface area contributed by atoms with Crippen LogP contribution in [0.25, 0.3) is 5.70 Å². The van der Waals surface area contributed by atoms with E-state index in [9.17, 15) is 4.79 Å². The molecule has 0 bridgehead atoms. The molecule has 0 N–H and O–H groups in total. The van der Waals surface area contributed by atoms with Crippen LogP contribution in [-0.2, 0) is 4.79 Å². The van der Waals surface area contributed by atoms with Crippen LogP contribution in [0.4, 0.5) is 5.69 Å². The van der Waals surface area contributed by atoms with Crippen LogP contribution < -0.4 is 14.5 Å². The molecule has 0 saturated carbocycles. The molecule has 3 aromatic rings. The van der Waals surface area contributed by atoms with E-state index in [2.05, 4.69) is 6.08 Å². The van der Waals surface area contributed by atoms with E-state index in [0.29, 0.717) is 29.5 Å². The van der Waals surface area contributed by atoms with Gasteiger partial charge in [0.15, 0.2) is 0 Å². The van der Waals surface area contributed by atoms with Crippen LogP contribution >= 0.6 is 23.2 Å². The van der Waals surface area contributed by atoms with Crippen LogP contribution in [0.1, 0.15) is 36.8 Å². The molecule has 1 aliphatic heterocycles. The Labute approximate surface area is 215 Å². The zero-order valence-corrected chi connectivity index (χ0v) is 21.1. The Morgan fingerprint density at radius 1 is 1.03 bits per heavy atom. The van der Waals surface area contributed by atoms with Gasteiger partial charge in [0, 0.05) is 30.0 Å². The van der Waals surface area contributed by atoms with Gasteiger partial charge in [-0.15, -0.1) is 0 Å². The maximum absolute atomic E-state index is 12.1. The van der Waals surface area contributed by atoms with Gasteiger partial charge in [0.2, 0.25) is 0 Å². The van der Waals surface area contributed by atoms with Crippen molar-refractivity contribution in [2.24, 2.45) is 5.10 Å². The number of rotatable bonds is 9. The van der Waals surface area contributed by atoms with Gasteiger partial charge in [-0.3, -0.25) is 0 Å². The van der Waals surface area contributed by atoms with E-state index < -0.39 is 0 Å². The molecule has 5 nitrogen and oxygen atoms in total. The Kier molecular flexibility index (Phi) is 8.11. The van der Waals surface area contributed by atoms with Gasteiger partial charge in [-0.2, -0.15) is 5.10 Å². The second kappa shape index (κ2) is 11.4. The van der Waals surface area contributed by atoms with Gasteiger partial charge >= 0.3 is 0 Å². The minimum absolute atomic E-state index is 0.327. The summed E-state index contributed by atoms with van der Waals surface area (Å²) in [4.78, 5) is 12.1. The molecule has 0 saturated heterocycles. The molecule has 0 amide bonds. The van der Waals surface area contributed by atoms with Gasteiger partial charge < -0.3 is 14.3 Å². The smallest absolute Gasteiger partial charge is 0.127 e. The van der Waals surface area contributed by atoms with Gasteiger partial charge in [-0.05, 0) is 61.0 Å². The highest BCUT2D eigenvalue weighted by Gasteiger charge is 2.22. The molecule has 0 aliphatic carbocycles. The summed E-state index contributed by atoms with van der Waals surface area (Å²) in [5.41, 5.74) is 4.45. The summed E-state index contributed by atoms with van der Waals surface area (Å²) in [6, 6.07) is 20.9. The Hall–Kier alpha value is -3.28. The summed E-state index contributed by atoms with van der Waals surface area (Å²) < 4.78 is 10.9. The number of benzene rings is 3. The van der Waals surface area contributed by atoms with Crippen molar-refractivity contribution in [3.05, 3.63) is 94.0 Å². The molecule has 7 heteroatoms. The van der Waals surface area contributed by atoms with Crippen molar-refractivity contribution < 1.29 is 14.3 Å². The van der Waals surface area contributed by atoms with Gasteiger partial charge in [0.25, 0.3) is 0 Å². The molecule has 35 heavy (non-hydrogen) atoms. The molecule has 0 spiro atoms. The number of carbonyl (C=O) groups is 1. The number of hydrazone groups is 1. The van der Waals surface area contributed by atoms with Crippen molar-refractivity contribution in [3.63, 3.8) is 0 Å².